The monoisotopic (exact) mass is 519 g/mol. The number of aryl methyl sites for hydroxylation is 5. The van der Waals surface area contributed by atoms with Crippen molar-refractivity contribution in [2.75, 3.05) is 11.9 Å². The van der Waals surface area contributed by atoms with Crippen molar-refractivity contribution in [3.63, 3.8) is 0 Å². The Labute approximate surface area is 236 Å². The molecule has 3 nitrogen and oxygen atoms in total. The van der Waals surface area contributed by atoms with Gasteiger partial charge in [0.25, 0.3) is 0 Å². The van der Waals surface area contributed by atoms with E-state index < -0.39 is 0 Å². The topological polar surface area (TPSA) is 41.3 Å². The van der Waals surface area contributed by atoms with Crippen LogP contribution in [0.25, 0.3) is 0 Å². The molecule has 0 heterocycles. The summed E-state index contributed by atoms with van der Waals surface area (Å²) in [5.41, 5.74) is 18.3. The van der Waals surface area contributed by atoms with E-state index in [1.807, 2.05) is 0 Å². The normalized spacial score (nSPS) is 12.1. The molecule has 1 atom stereocenters. The van der Waals surface area contributed by atoms with Crippen molar-refractivity contribution in [3.05, 3.63) is 136 Å². The second-order valence-electron chi connectivity index (χ2n) is 11.2. The molecule has 0 saturated carbocycles. The van der Waals surface area contributed by atoms with Gasteiger partial charge in [0.1, 0.15) is 0 Å². The van der Waals surface area contributed by atoms with Crippen molar-refractivity contribution in [2.45, 2.75) is 72.6 Å². The number of benzene rings is 4. The summed E-state index contributed by atoms with van der Waals surface area (Å²) in [4.78, 5) is 2.57. The first-order valence-corrected chi connectivity index (χ1v) is 14.3. The summed E-state index contributed by atoms with van der Waals surface area (Å²) >= 11 is 0. The quantitative estimate of drug-likeness (QED) is 0.190. The van der Waals surface area contributed by atoms with Crippen LogP contribution in [0.4, 0.5) is 5.69 Å². The Kier molecular flexibility index (Phi) is 10.4. The minimum Gasteiger partial charge on any atom is -0.381 e. The first-order chi connectivity index (χ1) is 18.9. The summed E-state index contributed by atoms with van der Waals surface area (Å²) in [6, 6.07) is 33.5. The van der Waals surface area contributed by atoms with Crippen molar-refractivity contribution in [2.24, 2.45) is 5.73 Å². The molecule has 0 aliphatic rings. The van der Waals surface area contributed by atoms with E-state index in [2.05, 4.69) is 129 Å². The molecular formula is C36H45N3. The molecule has 0 aromatic heterocycles. The number of nitrogens with two attached hydrogens (primary N) is 1. The van der Waals surface area contributed by atoms with Gasteiger partial charge in [0.2, 0.25) is 0 Å². The van der Waals surface area contributed by atoms with Crippen LogP contribution >= 0.6 is 0 Å². The van der Waals surface area contributed by atoms with Gasteiger partial charge in [-0.25, -0.2) is 0 Å². The van der Waals surface area contributed by atoms with Gasteiger partial charge in [0.15, 0.2) is 0 Å². The average molecular weight is 520 g/mol. The Morgan fingerprint density at radius 3 is 2.08 bits per heavy atom. The fourth-order valence-electron chi connectivity index (χ4n) is 5.22. The first-order valence-electron chi connectivity index (χ1n) is 14.3. The van der Waals surface area contributed by atoms with Gasteiger partial charge in [-0.15, -0.1) is 0 Å². The zero-order valence-electron chi connectivity index (χ0n) is 24.2. The second kappa shape index (κ2) is 14.1. The van der Waals surface area contributed by atoms with Gasteiger partial charge in [0.05, 0.1) is 0 Å². The molecule has 3 N–H and O–H groups in total. The zero-order chi connectivity index (χ0) is 27.6. The summed E-state index contributed by atoms with van der Waals surface area (Å²) < 4.78 is 0. The third-order valence-electron chi connectivity index (χ3n) is 7.40. The highest BCUT2D eigenvalue weighted by Gasteiger charge is 2.14. The van der Waals surface area contributed by atoms with Crippen LogP contribution in [0, 0.1) is 20.8 Å². The lowest BCUT2D eigenvalue weighted by atomic mass is 9.96. The van der Waals surface area contributed by atoms with E-state index in [-0.39, 0.29) is 6.04 Å². The van der Waals surface area contributed by atoms with Gasteiger partial charge < -0.3 is 11.1 Å². The molecule has 0 saturated heterocycles. The number of hydrogen-bond donors (Lipinski definition) is 2. The largest absolute Gasteiger partial charge is 0.381 e. The van der Waals surface area contributed by atoms with Gasteiger partial charge in [-0.3, -0.25) is 4.90 Å². The fraction of sp³-hybridized carbons (Fsp3) is 0.333. The molecule has 0 spiro atoms. The van der Waals surface area contributed by atoms with E-state index >= 15 is 0 Å². The Morgan fingerprint density at radius 2 is 1.33 bits per heavy atom. The van der Waals surface area contributed by atoms with Crippen LogP contribution < -0.4 is 11.1 Å². The van der Waals surface area contributed by atoms with Crippen LogP contribution in [0.5, 0.6) is 0 Å². The predicted molar refractivity (Wildman–Crippen MR) is 167 cm³/mol. The van der Waals surface area contributed by atoms with Crippen molar-refractivity contribution in [3.8, 4) is 0 Å². The van der Waals surface area contributed by atoms with Crippen LogP contribution in [0.15, 0.2) is 91.0 Å². The van der Waals surface area contributed by atoms with E-state index in [4.69, 9.17) is 5.73 Å². The van der Waals surface area contributed by atoms with Crippen LogP contribution in [-0.4, -0.2) is 17.5 Å². The smallest absolute Gasteiger partial charge is 0.0400 e. The van der Waals surface area contributed by atoms with Gasteiger partial charge in [-0.2, -0.15) is 0 Å². The number of hydrogen-bond acceptors (Lipinski definition) is 3. The molecule has 4 aromatic carbocycles. The van der Waals surface area contributed by atoms with E-state index in [9.17, 15) is 0 Å². The second-order valence-corrected chi connectivity index (χ2v) is 11.2. The third-order valence-corrected chi connectivity index (χ3v) is 7.40. The van der Waals surface area contributed by atoms with Crippen molar-refractivity contribution < 1.29 is 0 Å². The van der Waals surface area contributed by atoms with Gasteiger partial charge in [-0.1, -0.05) is 102 Å². The van der Waals surface area contributed by atoms with E-state index in [1.54, 1.807) is 0 Å². The number of para-hydroxylation sites is 1. The van der Waals surface area contributed by atoms with Crippen LogP contribution in [0.1, 0.15) is 57.9 Å². The van der Waals surface area contributed by atoms with Gasteiger partial charge >= 0.3 is 0 Å². The van der Waals surface area contributed by atoms with E-state index in [1.165, 1.54) is 50.2 Å². The lowest BCUT2D eigenvalue weighted by Gasteiger charge is -2.26. The maximum absolute atomic E-state index is 6.22. The molecule has 4 rings (SSSR count). The molecule has 4 aromatic rings. The molecule has 0 bridgehead atoms. The van der Waals surface area contributed by atoms with E-state index in [0.717, 1.165) is 45.4 Å². The molecule has 0 fully saturated rings. The standard InChI is InChI=1S/C36H45N3/c1-27-9-7-11-31(21-27)16-18-33-23-29(3)15-17-34(33)25-39(20-19-30(4)37)26-35-13-5-6-14-36(35)38-24-32-12-8-10-28(2)22-32/h5-15,17,21-23,30,38H,16,18-20,24-26,37H2,1-4H3. The lowest BCUT2D eigenvalue weighted by molar-refractivity contribution is 0.247. The predicted octanol–water partition coefficient (Wildman–Crippen LogP) is 7.75. The SMILES string of the molecule is Cc1cccc(CCc2cc(C)ccc2CN(CCC(C)N)Cc2ccccc2NCc2cccc(C)c2)c1. The molecule has 39 heavy (non-hydrogen) atoms. The summed E-state index contributed by atoms with van der Waals surface area (Å²) in [6.45, 7) is 12.2. The Hall–Kier alpha value is -3.40. The molecular weight excluding hydrogens is 474 g/mol. The number of rotatable bonds is 13. The first kappa shape index (κ1) is 28.6. The van der Waals surface area contributed by atoms with Gasteiger partial charge in [-0.05, 0) is 80.8 Å². The van der Waals surface area contributed by atoms with Crippen molar-refractivity contribution in [1.29, 1.82) is 0 Å². The number of nitrogens with one attached hydrogen (secondary N) is 1. The Morgan fingerprint density at radius 1 is 0.667 bits per heavy atom. The Balaban J connectivity index is 1.51. The maximum atomic E-state index is 6.22. The molecule has 204 valence electrons. The third kappa shape index (κ3) is 9.09. The maximum Gasteiger partial charge on any atom is 0.0400 e. The minimum atomic E-state index is 0.181. The Bertz CT molecular complexity index is 1340. The highest BCUT2D eigenvalue weighted by atomic mass is 15.1. The molecule has 0 amide bonds. The van der Waals surface area contributed by atoms with E-state index in [0.29, 0.717) is 0 Å². The molecule has 3 heteroatoms. The van der Waals surface area contributed by atoms with Crippen molar-refractivity contribution in [1.82, 2.24) is 4.90 Å². The molecule has 0 radical (unpaired) electrons. The minimum absolute atomic E-state index is 0.181. The summed E-state index contributed by atoms with van der Waals surface area (Å²) in [6.07, 6.45) is 3.09. The summed E-state index contributed by atoms with van der Waals surface area (Å²) in [5.74, 6) is 0. The highest BCUT2D eigenvalue weighted by molar-refractivity contribution is 5.51. The van der Waals surface area contributed by atoms with Crippen molar-refractivity contribution >= 4 is 5.69 Å². The molecule has 1 unspecified atom stereocenters. The average Bonchev–Trinajstić information content (AvgIpc) is 2.91. The number of anilines is 1. The van der Waals surface area contributed by atoms with Crippen LogP contribution in [0.3, 0.4) is 0 Å². The van der Waals surface area contributed by atoms with Crippen LogP contribution in [-0.2, 0) is 32.5 Å². The molecule has 0 aliphatic heterocycles. The van der Waals surface area contributed by atoms with Gasteiger partial charge in [0, 0.05) is 37.9 Å². The summed E-state index contributed by atoms with van der Waals surface area (Å²) in [5, 5.41) is 3.70. The lowest BCUT2D eigenvalue weighted by Crippen LogP contribution is -2.29. The number of nitrogens with zero attached hydrogens (tertiary/aromatic N) is 1. The highest BCUT2D eigenvalue weighted by Crippen LogP contribution is 2.23. The van der Waals surface area contributed by atoms with Crippen LogP contribution in [0.2, 0.25) is 0 Å². The fourth-order valence-corrected chi connectivity index (χ4v) is 5.22. The summed E-state index contributed by atoms with van der Waals surface area (Å²) in [7, 11) is 0. The zero-order valence-corrected chi connectivity index (χ0v) is 24.2. The molecule has 0 aliphatic carbocycles.